The van der Waals surface area contributed by atoms with Gasteiger partial charge in [-0.05, 0) is 31.5 Å². The third-order valence-electron chi connectivity index (χ3n) is 4.01. The summed E-state index contributed by atoms with van der Waals surface area (Å²) in [6.45, 7) is 4.63. The first-order valence-corrected chi connectivity index (χ1v) is 7.60. The molecule has 0 saturated carbocycles. The van der Waals surface area contributed by atoms with E-state index in [-0.39, 0.29) is 0 Å². The minimum atomic E-state index is 0.592. The first kappa shape index (κ1) is 14.4. The van der Waals surface area contributed by atoms with Crippen molar-refractivity contribution in [2.24, 2.45) is 0 Å². The largest absolute Gasteiger partial charge is 0.472 e. The highest BCUT2D eigenvalue weighted by molar-refractivity contribution is 5.57. The van der Waals surface area contributed by atoms with E-state index in [9.17, 15) is 0 Å². The third kappa shape index (κ3) is 2.50. The predicted molar refractivity (Wildman–Crippen MR) is 89.5 cm³/mol. The Morgan fingerprint density at radius 1 is 1.17 bits per heavy atom. The van der Waals surface area contributed by atoms with Gasteiger partial charge in [0.25, 0.3) is 5.78 Å². The maximum absolute atomic E-state index is 5.09. The van der Waals surface area contributed by atoms with Crippen LogP contribution in [0.15, 0.2) is 47.7 Å². The third-order valence-corrected chi connectivity index (χ3v) is 4.01. The molecule has 0 aliphatic rings. The van der Waals surface area contributed by atoms with Gasteiger partial charge in [0.1, 0.15) is 12.1 Å². The first-order valence-electron chi connectivity index (χ1n) is 7.60. The number of anilines is 1. The van der Waals surface area contributed by atoms with Crippen LogP contribution in [0.5, 0.6) is 0 Å². The summed E-state index contributed by atoms with van der Waals surface area (Å²) in [7, 11) is 0. The Morgan fingerprint density at radius 2 is 2.08 bits per heavy atom. The predicted octanol–water partition coefficient (Wildman–Crippen LogP) is 3.01. The number of aromatic nitrogens is 5. The molecule has 7 heteroatoms. The van der Waals surface area contributed by atoms with E-state index in [4.69, 9.17) is 4.42 Å². The Hall–Kier alpha value is -3.22. The number of hydrogen-bond donors (Lipinski definition) is 1. The summed E-state index contributed by atoms with van der Waals surface area (Å²) in [6.07, 6.45) is 6.69. The zero-order valence-corrected chi connectivity index (χ0v) is 13.4. The Bertz CT molecular complexity index is 972. The molecule has 0 spiro atoms. The van der Waals surface area contributed by atoms with Gasteiger partial charge >= 0.3 is 0 Å². The molecule has 0 aliphatic heterocycles. The minimum absolute atomic E-state index is 0.592. The number of nitrogens with zero attached hydrogens (tertiary/aromatic N) is 5. The van der Waals surface area contributed by atoms with Gasteiger partial charge < -0.3 is 9.73 Å². The van der Waals surface area contributed by atoms with Gasteiger partial charge in [0.15, 0.2) is 0 Å². The van der Waals surface area contributed by atoms with Gasteiger partial charge in [-0.25, -0.2) is 4.98 Å². The Labute approximate surface area is 138 Å². The molecule has 120 valence electrons. The summed E-state index contributed by atoms with van der Waals surface area (Å²) >= 11 is 0. The quantitative estimate of drug-likeness (QED) is 0.622. The number of aryl methyl sites for hydroxylation is 1. The molecule has 0 aliphatic carbocycles. The van der Waals surface area contributed by atoms with E-state index in [0.717, 1.165) is 33.9 Å². The van der Waals surface area contributed by atoms with E-state index in [2.05, 4.69) is 25.4 Å². The Kier molecular flexibility index (Phi) is 3.45. The fraction of sp³-hybridized carbons (Fsp3) is 0.176. The van der Waals surface area contributed by atoms with Crippen LogP contribution in [-0.2, 0) is 6.54 Å². The van der Waals surface area contributed by atoms with Crippen molar-refractivity contribution in [2.75, 3.05) is 5.32 Å². The molecule has 0 unspecified atom stereocenters. The van der Waals surface area contributed by atoms with Crippen molar-refractivity contribution >= 4 is 11.6 Å². The van der Waals surface area contributed by atoms with Crippen LogP contribution in [0.25, 0.3) is 17.0 Å². The maximum atomic E-state index is 5.09. The van der Waals surface area contributed by atoms with Crippen molar-refractivity contribution in [1.82, 2.24) is 24.6 Å². The lowest BCUT2D eigenvalue weighted by Crippen LogP contribution is -2.10. The summed E-state index contributed by atoms with van der Waals surface area (Å²) in [5, 5.41) is 7.65. The lowest BCUT2D eigenvalue weighted by atomic mass is 10.2. The van der Waals surface area contributed by atoms with Crippen molar-refractivity contribution in [1.29, 1.82) is 0 Å². The first-order chi connectivity index (χ1) is 11.7. The zero-order chi connectivity index (χ0) is 16.5. The van der Waals surface area contributed by atoms with E-state index in [1.807, 2.05) is 38.2 Å². The van der Waals surface area contributed by atoms with Crippen molar-refractivity contribution < 1.29 is 4.42 Å². The van der Waals surface area contributed by atoms with Gasteiger partial charge in [0.05, 0.1) is 18.2 Å². The summed E-state index contributed by atoms with van der Waals surface area (Å²) in [5.74, 6) is 1.49. The van der Waals surface area contributed by atoms with Crippen LogP contribution in [0.1, 0.15) is 16.8 Å². The average molecular weight is 320 g/mol. The smallest absolute Gasteiger partial charge is 0.254 e. The molecule has 24 heavy (non-hydrogen) atoms. The van der Waals surface area contributed by atoms with Gasteiger partial charge in [-0.15, -0.1) is 0 Å². The molecule has 0 radical (unpaired) electrons. The molecule has 0 aromatic carbocycles. The molecule has 4 aromatic heterocycles. The fourth-order valence-electron chi connectivity index (χ4n) is 2.54. The second-order valence-corrected chi connectivity index (χ2v) is 5.56. The van der Waals surface area contributed by atoms with Crippen LogP contribution >= 0.6 is 0 Å². The van der Waals surface area contributed by atoms with Crippen LogP contribution in [0.2, 0.25) is 0 Å². The average Bonchev–Trinajstić information content (AvgIpc) is 3.27. The topological polar surface area (TPSA) is 81.1 Å². The fourth-order valence-corrected chi connectivity index (χ4v) is 2.54. The highest BCUT2D eigenvalue weighted by Crippen LogP contribution is 2.20. The van der Waals surface area contributed by atoms with E-state index in [1.165, 1.54) is 6.33 Å². The lowest BCUT2D eigenvalue weighted by molar-refractivity contribution is 0.568. The van der Waals surface area contributed by atoms with Crippen molar-refractivity contribution in [3.63, 3.8) is 0 Å². The van der Waals surface area contributed by atoms with E-state index >= 15 is 0 Å². The molecule has 7 nitrogen and oxygen atoms in total. The minimum Gasteiger partial charge on any atom is -0.472 e. The molecule has 0 atom stereocenters. The number of furan rings is 1. The number of pyridine rings is 1. The van der Waals surface area contributed by atoms with Crippen molar-refractivity contribution in [3.05, 3.63) is 60.1 Å². The van der Waals surface area contributed by atoms with Crippen LogP contribution in [0.3, 0.4) is 0 Å². The molecule has 0 saturated heterocycles. The van der Waals surface area contributed by atoms with Crippen molar-refractivity contribution in [2.45, 2.75) is 20.4 Å². The summed E-state index contributed by atoms with van der Waals surface area (Å²) < 4.78 is 6.81. The molecule has 0 bridgehead atoms. The van der Waals surface area contributed by atoms with Gasteiger partial charge in [-0.2, -0.15) is 14.6 Å². The molecule has 4 aromatic rings. The number of nitrogens with one attached hydrogen (secondary N) is 1. The van der Waals surface area contributed by atoms with Crippen LogP contribution < -0.4 is 5.32 Å². The Balaban J connectivity index is 1.57. The molecule has 4 heterocycles. The van der Waals surface area contributed by atoms with Gasteiger partial charge in [-0.3, -0.25) is 4.98 Å². The maximum Gasteiger partial charge on any atom is 0.254 e. The standard InChI is InChI=1S/C17H16N6O/c1-11-12(2)22-17-20-10-21-23(17)16(11)19-8-13-3-4-15(18-7-13)14-5-6-24-9-14/h3-7,9-10,19H,8H2,1-2H3. The van der Waals surface area contributed by atoms with Gasteiger partial charge in [0.2, 0.25) is 0 Å². The van der Waals surface area contributed by atoms with Crippen molar-refractivity contribution in [3.8, 4) is 11.3 Å². The summed E-state index contributed by atoms with van der Waals surface area (Å²) in [6, 6.07) is 5.92. The van der Waals surface area contributed by atoms with Crippen LogP contribution in [-0.4, -0.2) is 24.6 Å². The Morgan fingerprint density at radius 3 is 2.83 bits per heavy atom. The molecule has 1 N–H and O–H groups in total. The molecular formula is C17H16N6O. The van der Waals surface area contributed by atoms with E-state index < -0.39 is 0 Å². The summed E-state index contributed by atoms with van der Waals surface area (Å²) in [4.78, 5) is 13.1. The second kappa shape index (κ2) is 5.77. The zero-order valence-electron chi connectivity index (χ0n) is 13.4. The summed E-state index contributed by atoms with van der Waals surface area (Å²) in [5.41, 5.74) is 4.92. The van der Waals surface area contributed by atoms with Gasteiger partial charge in [-0.1, -0.05) is 6.07 Å². The molecule has 4 rings (SSSR count). The molecule has 0 amide bonds. The number of rotatable bonds is 4. The highest BCUT2D eigenvalue weighted by Gasteiger charge is 2.10. The number of hydrogen-bond acceptors (Lipinski definition) is 6. The SMILES string of the molecule is Cc1nc2ncnn2c(NCc2ccc(-c3ccoc3)nc2)c1C. The van der Waals surface area contributed by atoms with E-state index in [1.54, 1.807) is 17.0 Å². The van der Waals surface area contributed by atoms with Gasteiger partial charge in [0, 0.05) is 29.6 Å². The normalized spacial score (nSPS) is 11.1. The lowest BCUT2D eigenvalue weighted by Gasteiger charge is -2.12. The highest BCUT2D eigenvalue weighted by atomic mass is 16.3. The number of fused-ring (bicyclic) bond motifs is 1. The second-order valence-electron chi connectivity index (χ2n) is 5.56. The molecular weight excluding hydrogens is 304 g/mol. The van der Waals surface area contributed by atoms with E-state index in [0.29, 0.717) is 12.3 Å². The van der Waals surface area contributed by atoms with Crippen LogP contribution in [0.4, 0.5) is 5.82 Å². The monoisotopic (exact) mass is 320 g/mol. The molecule has 0 fully saturated rings. The van der Waals surface area contributed by atoms with Crippen LogP contribution in [0, 0.1) is 13.8 Å².